The number of thiol groups is 1. The SMILES string of the molecule is CCN1CCC(N(C)CC2(CS)CC2)CC1. The third kappa shape index (κ3) is 2.93. The van der Waals surface area contributed by atoms with E-state index in [4.69, 9.17) is 0 Å². The van der Waals surface area contributed by atoms with Gasteiger partial charge in [-0.2, -0.15) is 12.6 Å². The molecule has 0 aromatic rings. The molecule has 0 amide bonds. The van der Waals surface area contributed by atoms with E-state index in [1.807, 2.05) is 0 Å². The van der Waals surface area contributed by atoms with Crippen LogP contribution in [0.25, 0.3) is 0 Å². The summed E-state index contributed by atoms with van der Waals surface area (Å²) in [5.41, 5.74) is 0.583. The van der Waals surface area contributed by atoms with Crippen molar-refractivity contribution in [2.75, 3.05) is 39.0 Å². The van der Waals surface area contributed by atoms with E-state index < -0.39 is 0 Å². The molecule has 0 aromatic carbocycles. The first-order chi connectivity index (χ1) is 7.69. The molecular weight excluding hydrogens is 216 g/mol. The largest absolute Gasteiger partial charge is 0.303 e. The number of nitrogens with zero attached hydrogens (tertiary/aromatic N) is 2. The molecule has 0 bridgehead atoms. The van der Waals surface area contributed by atoms with Crippen LogP contribution in [0.4, 0.5) is 0 Å². The summed E-state index contributed by atoms with van der Waals surface area (Å²) in [6.45, 7) is 7.34. The highest BCUT2D eigenvalue weighted by Crippen LogP contribution is 2.47. The van der Waals surface area contributed by atoms with Crippen molar-refractivity contribution < 1.29 is 0 Å². The number of piperidine rings is 1. The van der Waals surface area contributed by atoms with E-state index in [0.717, 1.165) is 11.8 Å². The third-order valence-electron chi connectivity index (χ3n) is 4.50. The fourth-order valence-corrected chi connectivity index (χ4v) is 3.29. The summed E-state index contributed by atoms with van der Waals surface area (Å²) in [4.78, 5) is 5.17. The minimum atomic E-state index is 0.583. The Kier molecular flexibility index (Phi) is 4.20. The Morgan fingerprint density at radius 2 is 1.94 bits per heavy atom. The second-order valence-corrected chi connectivity index (χ2v) is 6.05. The lowest BCUT2D eigenvalue weighted by Gasteiger charge is -2.37. The average molecular weight is 242 g/mol. The second-order valence-electron chi connectivity index (χ2n) is 5.74. The molecule has 2 aliphatic rings. The van der Waals surface area contributed by atoms with Crippen LogP contribution in [-0.2, 0) is 0 Å². The van der Waals surface area contributed by atoms with Crippen molar-refractivity contribution in [2.24, 2.45) is 5.41 Å². The Bertz CT molecular complexity index is 220. The van der Waals surface area contributed by atoms with Gasteiger partial charge in [-0.15, -0.1) is 0 Å². The Morgan fingerprint density at radius 3 is 2.38 bits per heavy atom. The van der Waals surface area contributed by atoms with Gasteiger partial charge in [-0.1, -0.05) is 6.92 Å². The lowest BCUT2D eigenvalue weighted by molar-refractivity contribution is 0.118. The topological polar surface area (TPSA) is 6.48 Å². The Labute approximate surface area is 106 Å². The maximum Gasteiger partial charge on any atom is 0.0117 e. The van der Waals surface area contributed by atoms with E-state index in [1.54, 1.807) is 0 Å². The average Bonchev–Trinajstić information content (AvgIpc) is 3.09. The molecule has 1 saturated carbocycles. The van der Waals surface area contributed by atoms with Gasteiger partial charge >= 0.3 is 0 Å². The summed E-state index contributed by atoms with van der Waals surface area (Å²) in [5.74, 6) is 1.07. The van der Waals surface area contributed by atoms with E-state index in [0.29, 0.717) is 5.41 Å². The molecule has 0 atom stereocenters. The summed E-state index contributed by atoms with van der Waals surface area (Å²) >= 11 is 4.50. The summed E-state index contributed by atoms with van der Waals surface area (Å²) < 4.78 is 0. The highest BCUT2D eigenvalue weighted by Gasteiger charge is 2.42. The van der Waals surface area contributed by atoms with E-state index in [-0.39, 0.29) is 0 Å². The van der Waals surface area contributed by atoms with Crippen LogP contribution in [0.2, 0.25) is 0 Å². The minimum Gasteiger partial charge on any atom is -0.303 e. The maximum atomic E-state index is 4.50. The lowest BCUT2D eigenvalue weighted by atomic mass is 10.0. The number of hydrogen-bond donors (Lipinski definition) is 1. The summed E-state index contributed by atoms with van der Waals surface area (Å²) in [6, 6.07) is 0.820. The third-order valence-corrected chi connectivity index (χ3v) is 5.18. The van der Waals surface area contributed by atoms with Gasteiger partial charge in [0.1, 0.15) is 0 Å². The zero-order valence-electron chi connectivity index (χ0n) is 10.8. The first-order valence-corrected chi connectivity index (χ1v) is 7.36. The van der Waals surface area contributed by atoms with Gasteiger partial charge in [0.05, 0.1) is 0 Å². The number of hydrogen-bond acceptors (Lipinski definition) is 3. The van der Waals surface area contributed by atoms with Crippen LogP contribution >= 0.6 is 12.6 Å². The Morgan fingerprint density at radius 1 is 1.31 bits per heavy atom. The molecule has 0 unspecified atom stereocenters. The quantitative estimate of drug-likeness (QED) is 0.738. The standard InChI is InChI=1S/C13H26N2S/c1-3-15-8-4-12(5-9-15)14(2)10-13(11-16)6-7-13/h12,16H,3-11H2,1-2H3. The molecule has 94 valence electrons. The molecule has 0 N–H and O–H groups in total. The molecule has 1 aliphatic heterocycles. The second kappa shape index (κ2) is 5.28. The molecule has 1 aliphatic carbocycles. The van der Waals surface area contributed by atoms with Gasteiger partial charge in [-0.3, -0.25) is 0 Å². The molecule has 1 saturated heterocycles. The van der Waals surface area contributed by atoms with E-state index in [2.05, 4.69) is 36.4 Å². The highest BCUT2D eigenvalue weighted by atomic mass is 32.1. The molecule has 16 heavy (non-hydrogen) atoms. The fraction of sp³-hybridized carbons (Fsp3) is 1.00. The number of rotatable bonds is 5. The molecule has 2 nitrogen and oxygen atoms in total. The van der Waals surface area contributed by atoms with Crippen molar-refractivity contribution in [1.29, 1.82) is 0 Å². The van der Waals surface area contributed by atoms with Crippen LogP contribution in [0.5, 0.6) is 0 Å². The van der Waals surface area contributed by atoms with Crippen LogP contribution in [0.1, 0.15) is 32.6 Å². The summed E-state index contributed by atoms with van der Waals surface area (Å²) in [7, 11) is 2.32. The zero-order chi connectivity index (χ0) is 11.6. The minimum absolute atomic E-state index is 0.583. The Hall–Kier alpha value is 0.270. The van der Waals surface area contributed by atoms with Crippen LogP contribution < -0.4 is 0 Å². The van der Waals surface area contributed by atoms with E-state index in [1.165, 1.54) is 51.9 Å². The molecule has 0 aromatic heterocycles. The van der Waals surface area contributed by atoms with Gasteiger partial charge in [0.25, 0.3) is 0 Å². The molecular formula is C13H26N2S. The van der Waals surface area contributed by atoms with Crippen LogP contribution in [-0.4, -0.2) is 54.8 Å². The van der Waals surface area contributed by atoms with Gasteiger partial charge in [0.15, 0.2) is 0 Å². The van der Waals surface area contributed by atoms with Crippen molar-refractivity contribution in [2.45, 2.75) is 38.6 Å². The monoisotopic (exact) mass is 242 g/mol. The fourth-order valence-electron chi connectivity index (χ4n) is 2.88. The van der Waals surface area contributed by atoms with Gasteiger partial charge in [0, 0.05) is 12.6 Å². The first kappa shape index (κ1) is 12.7. The van der Waals surface area contributed by atoms with Crippen LogP contribution in [0, 0.1) is 5.41 Å². The van der Waals surface area contributed by atoms with Crippen molar-refractivity contribution >= 4 is 12.6 Å². The molecule has 3 heteroatoms. The zero-order valence-corrected chi connectivity index (χ0v) is 11.7. The first-order valence-electron chi connectivity index (χ1n) is 6.72. The molecule has 2 fully saturated rings. The van der Waals surface area contributed by atoms with Crippen LogP contribution in [0.3, 0.4) is 0 Å². The van der Waals surface area contributed by atoms with Gasteiger partial charge in [-0.05, 0) is 63.5 Å². The van der Waals surface area contributed by atoms with Gasteiger partial charge in [-0.25, -0.2) is 0 Å². The smallest absolute Gasteiger partial charge is 0.0117 e. The summed E-state index contributed by atoms with van der Waals surface area (Å²) in [5, 5.41) is 0. The van der Waals surface area contributed by atoms with Crippen molar-refractivity contribution in [1.82, 2.24) is 9.80 Å². The molecule has 0 radical (unpaired) electrons. The van der Waals surface area contributed by atoms with E-state index in [9.17, 15) is 0 Å². The van der Waals surface area contributed by atoms with Crippen molar-refractivity contribution in [3.63, 3.8) is 0 Å². The Balaban J connectivity index is 1.76. The van der Waals surface area contributed by atoms with Gasteiger partial charge in [0.2, 0.25) is 0 Å². The highest BCUT2D eigenvalue weighted by molar-refractivity contribution is 7.80. The molecule has 1 heterocycles. The predicted octanol–water partition coefficient (Wildman–Crippen LogP) is 2.11. The maximum absolute atomic E-state index is 4.50. The number of likely N-dealkylation sites (tertiary alicyclic amines) is 1. The van der Waals surface area contributed by atoms with Crippen molar-refractivity contribution in [3.8, 4) is 0 Å². The predicted molar refractivity (Wildman–Crippen MR) is 73.3 cm³/mol. The van der Waals surface area contributed by atoms with Crippen LogP contribution in [0.15, 0.2) is 0 Å². The molecule has 0 spiro atoms. The van der Waals surface area contributed by atoms with E-state index >= 15 is 0 Å². The lowest BCUT2D eigenvalue weighted by Crippen LogP contribution is -2.45. The molecule has 2 rings (SSSR count). The normalized spacial score (nSPS) is 26.2. The van der Waals surface area contributed by atoms with Gasteiger partial charge < -0.3 is 9.80 Å². The van der Waals surface area contributed by atoms with Crippen molar-refractivity contribution in [3.05, 3.63) is 0 Å². The summed E-state index contributed by atoms with van der Waals surface area (Å²) in [6.07, 6.45) is 5.50.